The zero-order valence-corrected chi connectivity index (χ0v) is 10.4. The van der Waals surface area contributed by atoms with Crippen molar-refractivity contribution in [1.29, 1.82) is 0 Å². The predicted molar refractivity (Wildman–Crippen MR) is 67.5 cm³/mol. The molecule has 0 aromatic carbocycles. The van der Waals surface area contributed by atoms with Gasteiger partial charge in [0, 0.05) is 12.1 Å². The molecule has 1 atom stereocenters. The summed E-state index contributed by atoms with van der Waals surface area (Å²) in [6, 6.07) is 2.02. The number of hydrogen-bond donors (Lipinski definition) is 2. The number of hydrogen-bond acceptors (Lipinski definition) is 5. The highest BCUT2D eigenvalue weighted by molar-refractivity contribution is 7.98. The average Bonchev–Trinajstić information content (AvgIpc) is 2.13. The van der Waals surface area contributed by atoms with E-state index in [1.54, 1.807) is 6.07 Å². The molecule has 0 fully saturated rings. The van der Waals surface area contributed by atoms with Gasteiger partial charge in [-0.3, -0.25) is 0 Å². The molecule has 84 valence electrons. The second-order valence-corrected chi connectivity index (χ2v) is 4.63. The lowest BCUT2D eigenvalue weighted by Crippen LogP contribution is -2.17. The second kappa shape index (κ2) is 6.02. The minimum Gasteiger partial charge on any atom is -0.368 e. The fraction of sp³-hybridized carbons (Fsp3) is 0.556. The molecular formula is C9H15ClN4S. The first kappa shape index (κ1) is 12.4. The summed E-state index contributed by atoms with van der Waals surface area (Å²) in [4.78, 5) is 7.84. The Kier molecular flexibility index (Phi) is 4.98. The van der Waals surface area contributed by atoms with Crippen LogP contribution in [0.25, 0.3) is 0 Å². The van der Waals surface area contributed by atoms with Crippen LogP contribution >= 0.6 is 23.4 Å². The second-order valence-electron chi connectivity index (χ2n) is 3.26. The Hall–Kier alpha value is -0.680. The molecule has 4 nitrogen and oxygen atoms in total. The molecular weight excluding hydrogens is 232 g/mol. The first-order chi connectivity index (χ1) is 7.11. The minimum atomic E-state index is 0.196. The van der Waals surface area contributed by atoms with Crippen LogP contribution in [0.5, 0.6) is 0 Å². The van der Waals surface area contributed by atoms with Crippen molar-refractivity contribution < 1.29 is 0 Å². The number of rotatable bonds is 5. The number of nitrogen functional groups attached to an aromatic ring is 1. The van der Waals surface area contributed by atoms with E-state index in [9.17, 15) is 0 Å². The van der Waals surface area contributed by atoms with Crippen molar-refractivity contribution in [2.24, 2.45) is 0 Å². The number of aromatic nitrogens is 2. The predicted octanol–water partition coefficient (Wildman–Crippen LogP) is 2.27. The van der Waals surface area contributed by atoms with Crippen LogP contribution in [0.4, 0.5) is 11.8 Å². The molecule has 0 aliphatic carbocycles. The summed E-state index contributed by atoms with van der Waals surface area (Å²) in [6.45, 7) is 2.10. The maximum Gasteiger partial charge on any atom is 0.223 e. The summed E-state index contributed by atoms with van der Waals surface area (Å²) in [5.74, 6) is 1.99. The van der Waals surface area contributed by atoms with Gasteiger partial charge in [0.1, 0.15) is 11.0 Å². The van der Waals surface area contributed by atoms with Crippen molar-refractivity contribution in [2.75, 3.05) is 23.1 Å². The molecule has 0 radical (unpaired) electrons. The fourth-order valence-electron chi connectivity index (χ4n) is 1.13. The van der Waals surface area contributed by atoms with E-state index in [2.05, 4.69) is 28.5 Å². The largest absolute Gasteiger partial charge is 0.368 e. The highest BCUT2D eigenvalue weighted by atomic mass is 35.5. The maximum atomic E-state index is 5.76. The molecule has 1 aromatic heterocycles. The molecule has 1 rings (SSSR count). The highest BCUT2D eigenvalue weighted by Crippen LogP contribution is 2.14. The Bertz CT molecular complexity index is 301. The lowest BCUT2D eigenvalue weighted by Gasteiger charge is -2.13. The third-order valence-corrected chi connectivity index (χ3v) is 2.70. The van der Waals surface area contributed by atoms with Crippen LogP contribution in [-0.4, -0.2) is 28.0 Å². The SMILES string of the molecule is CSCCC(C)Nc1cc(Cl)nc(N)n1. The Morgan fingerprint density at radius 3 is 2.93 bits per heavy atom. The van der Waals surface area contributed by atoms with Gasteiger partial charge in [0.05, 0.1) is 0 Å². The van der Waals surface area contributed by atoms with Crippen LogP contribution in [0.2, 0.25) is 5.15 Å². The Balaban J connectivity index is 2.56. The van der Waals surface area contributed by atoms with Crippen molar-refractivity contribution >= 4 is 35.1 Å². The Morgan fingerprint density at radius 2 is 2.33 bits per heavy atom. The molecule has 1 aromatic rings. The van der Waals surface area contributed by atoms with E-state index in [0.717, 1.165) is 12.2 Å². The van der Waals surface area contributed by atoms with E-state index in [0.29, 0.717) is 17.0 Å². The van der Waals surface area contributed by atoms with Crippen LogP contribution in [0.1, 0.15) is 13.3 Å². The summed E-state index contributed by atoms with van der Waals surface area (Å²) < 4.78 is 0. The van der Waals surface area contributed by atoms with Crippen LogP contribution in [0.15, 0.2) is 6.07 Å². The van der Waals surface area contributed by atoms with Gasteiger partial charge in [-0.15, -0.1) is 0 Å². The van der Waals surface area contributed by atoms with Gasteiger partial charge in [0.25, 0.3) is 0 Å². The standard InChI is InChI=1S/C9H15ClN4S/c1-6(3-4-15-2)12-8-5-7(10)13-9(11)14-8/h5-6H,3-4H2,1-2H3,(H3,11,12,13,14). The van der Waals surface area contributed by atoms with Gasteiger partial charge in [0.15, 0.2) is 0 Å². The lowest BCUT2D eigenvalue weighted by atomic mass is 10.2. The summed E-state index contributed by atoms with van der Waals surface area (Å²) in [5.41, 5.74) is 5.48. The molecule has 3 N–H and O–H groups in total. The van der Waals surface area contributed by atoms with Gasteiger partial charge in [-0.05, 0) is 25.4 Å². The molecule has 0 aliphatic heterocycles. The van der Waals surface area contributed by atoms with Crippen LogP contribution in [0.3, 0.4) is 0 Å². The first-order valence-corrected chi connectivity index (χ1v) is 6.44. The summed E-state index contributed by atoms with van der Waals surface area (Å²) >= 11 is 7.59. The number of thioether (sulfide) groups is 1. The van der Waals surface area contributed by atoms with E-state index >= 15 is 0 Å². The fourth-order valence-corrected chi connectivity index (χ4v) is 1.91. The molecule has 1 unspecified atom stereocenters. The molecule has 0 saturated carbocycles. The van der Waals surface area contributed by atoms with Crippen molar-refractivity contribution in [1.82, 2.24) is 9.97 Å². The normalized spacial score (nSPS) is 12.5. The van der Waals surface area contributed by atoms with E-state index in [1.807, 2.05) is 11.8 Å². The molecule has 0 bridgehead atoms. The molecule has 0 spiro atoms. The van der Waals surface area contributed by atoms with Gasteiger partial charge in [-0.25, -0.2) is 4.98 Å². The summed E-state index contributed by atoms with van der Waals surface area (Å²) in [5, 5.41) is 3.59. The number of nitrogens with two attached hydrogens (primary N) is 1. The number of nitrogens with one attached hydrogen (secondary N) is 1. The quantitative estimate of drug-likeness (QED) is 0.781. The number of anilines is 2. The molecule has 6 heteroatoms. The lowest BCUT2D eigenvalue weighted by molar-refractivity contribution is 0.766. The molecule has 1 heterocycles. The van der Waals surface area contributed by atoms with Crippen molar-refractivity contribution in [2.45, 2.75) is 19.4 Å². The van der Waals surface area contributed by atoms with Gasteiger partial charge in [-0.1, -0.05) is 11.6 Å². The number of halogens is 1. The average molecular weight is 247 g/mol. The van der Waals surface area contributed by atoms with Crippen LogP contribution < -0.4 is 11.1 Å². The molecule has 0 amide bonds. The topological polar surface area (TPSA) is 63.8 Å². The summed E-state index contributed by atoms with van der Waals surface area (Å²) in [6.07, 6.45) is 3.16. The molecule has 15 heavy (non-hydrogen) atoms. The van der Waals surface area contributed by atoms with Crippen LogP contribution in [0, 0.1) is 0 Å². The summed E-state index contributed by atoms with van der Waals surface area (Å²) in [7, 11) is 0. The molecule has 0 saturated heterocycles. The monoisotopic (exact) mass is 246 g/mol. The Morgan fingerprint density at radius 1 is 1.60 bits per heavy atom. The highest BCUT2D eigenvalue weighted by Gasteiger charge is 2.04. The van der Waals surface area contributed by atoms with Gasteiger partial charge in [-0.2, -0.15) is 16.7 Å². The van der Waals surface area contributed by atoms with Crippen molar-refractivity contribution in [3.8, 4) is 0 Å². The first-order valence-electron chi connectivity index (χ1n) is 4.67. The zero-order valence-electron chi connectivity index (χ0n) is 8.83. The van der Waals surface area contributed by atoms with E-state index in [-0.39, 0.29) is 5.95 Å². The van der Waals surface area contributed by atoms with Gasteiger partial charge in [0.2, 0.25) is 5.95 Å². The zero-order chi connectivity index (χ0) is 11.3. The van der Waals surface area contributed by atoms with Gasteiger partial charge < -0.3 is 11.1 Å². The third-order valence-electron chi connectivity index (χ3n) is 1.86. The van der Waals surface area contributed by atoms with Crippen molar-refractivity contribution in [3.63, 3.8) is 0 Å². The third kappa shape index (κ3) is 4.57. The Labute approximate surface area is 99.0 Å². The minimum absolute atomic E-state index is 0.196. The number of nitrogens with zero attached hydrogens (tertiary/aromatic N) is 2. The van der Waals surface area contributed by atoms with E-state index in [1.165, 1.54) is 0 Å². The smallest absolute Gasteiger partial charge is 0.223 e. The van der Waals surface area contributed by atoms with Crippen molar-refractivity contribution in [3.05, 3.63) is 11.2 Å². The van der Waals surface area contributed by atoms with E-state index < -0.39 is 0 Å². The van der Waals surface area contributed by atoms with Gasteiger partial charge >= 0.3 is 0 Å². The molecule has 0 aliphatic rings. The van der Waals surface area contributed by atoms with E-state index in [4.69, 9.17) is 17.3 Å². The maximum absolute atomic E-state index is 5.76. The van der Waals surface area contributed by atoms with Crippen LogP contribution in [-0.2, 0) is 0 Å².